The van der Waals surface area contributed by atoms with Crippen LogP contribution in [-0.2, 0) is 25.8 Å². The SMILES string of the molecule is NC(=O)CCC(NS(=O)(=O)c1cccc(C(F)(F)F)c1)C(=O)O. The Hall–Kier alpha value is -2.14. The van der Waals surface area contributed by atoms with Gasteiger partial charge in [0.05, 0.1) is 10.5 Å². The highest BCUT2D eigenvalue weighted by molar-refractivity contribution is 7.89. The normalized spacial score (nSPS) is 13.5. The standard InChI is InChI=1S/C12H13F3N2O5S/c13-12(14,15)7-2-1-3-8(6-7)23(21,22)17-9(11(19)20)4-5-10(16)18/h1-3,6,9,17H,4-5H2,(H2,16,18)(H,19,20). The van der Waals surface area contributed by atoms with Gasteiger partial charge in [0.15, 0.2) is 0 Å². The topological polar surface area (TPSA) is 127 Å². The quantitative estimate of drug-likeness (QED) is 0.664. The monoisotopic (exact) mass is 354 g/mol. The summed E-state index contributed by atoms with van der Waals surface area (Å²) in [7, 11) is -4.52. The predicted molar refractivity (Wildman–Crippen MR) is 71.6 cm³/mol. The second-order valence-corrected chi connectivity index (χ2v) is 6.26. The lowest BCUT2D eigenvalue weighted by Crippen LogP contribution is -2.41. The minimum Gasteiger partial charge on any atom is -0.480 e. The summed E-state index contributed by atoms with van der Waals surface area (Å²) in [6, 6.07) is 1.15. The summed E-state index contributed by atoms with van der Waals surface area (Å²) < 4.78 is 63.6. The number of hydrogen-bond donors (Lipinski definition) is 3. The molecule has 23 heavy (non-hydrogen) atoms. The number of amides is 1. The fourth-order valence-electron chi connectivity index (χ4n) is 1.61. The number of carboxylic acid groups (broad SMARTS) is 1. The van der Waals surface area contributed by atoms with E-state index in [1.54, 1.807) is 4.72 Å². The molecule has 1 aromatic rings. The van der Waals surface area contributed by atoms with Gasteiger partial charge in [-0.3, -0.25) is 9.59 Å². The second-order valence-electron chi connectivity index (χ2n) is 4.54. The number of halogens is 3. The van der Waals surface area contributed by atoms with Gasteiger partial charge in [0, 0.05) is 6.42 Å². The minimum absolute atomic E-state index is 0.384. The van der Waals surface area contributed by atoms with E-state index in [4.69, 9.17) is 10.8 Å². The van der Waals surface area contributed by atoms with Crippen molar-refractivity contribution in [1.82, 2.24) is 4.72 Å². The first-order valence-electron chi connectivity index (χ1n) is 6.14. The maximum absolute atomic E-state index is 12.6. The van der Waals surface area contributed by atoms with Crippen molar-refractivity contribution in [1.29, 1.82) is 0 Å². The second kappa shape index (κ2) is 6.96. The zero-order valence-corrected chi connectivity index (χ0v) is 12.3. The van der Waals surface area contributed by atoms with Crippen LogP contribution in [0.5, 0.6) is 0 Å². The summed E-state index contributed by atoms with van der Waals surface area (Å²) in [6.45, 7) is 0. The van der Waals surface area contributed by atoms with Crippen LogP contribution in [0.2, 0.25) is 0 Å². The number of nitrogens with two attached hydrogens (primary N) is 1. The fourth-order valence-corrected chi connectivity index (χ4v) is 2.88. The molecule has 0 fully saturated rings. The fraction of sp³-hybridized carbons (Fsp3) is 0.333. The lowest BCUT2D eigenvalue weighted by atomic mass is 10.2. The molecular formula is C12H13F3N2O5S. The number of primary amides is 1. The van der Waals surface area contributed by atoms with E-state index in [-0.39, 0.29) is 0 Å². The highest BCUT2D eigenvalue weighted by atomic mass is 32.2. The first-order chi connectivity index (χ1) is 10.4. The lowest BCUT2D eigenvalue weighted by Gasteiger charge is -2.15. The molecule has 11 heteroatoms. The smallest absolute Gasteiger partial charge is 0.416 e. The zero-order valence-electron chi connectivity index (χ0n) is 11.5. The molecule has 1 amide bonds. The number of sulfonamides is 1. The molecule has 0 aliphatic carbocycles. The molecule has 0 aliphatic rings. The maximum atomic E-state index is 12.6. The van der Waals surface area contributed by atoms with Gasteiger partial charge in [0.1, 0.15) is 6.04 Å². The van der Waals surface area contributed by atoms with E-state index in [2.05, 4.69) is 0 Å². The Balaban J connectivity index is 3.06. The molecule has 1 atom stereocenters. The van der Waals surface area contributed by atoms with Crippen molar-refractivity contribution in [2.75, 3.05) is 0 Å². The third kappa shape index (κ3) is 5.53. The Morgan fingerprint density at radius 3 is 2.39 bits per heavy atom. The number of nitrogens with one attached hydrogen (secondary N) is 1. The van der Waals surface area contributed by atoms with Gasteiger partial charge in [-0.2, -0.15) is 17.9 Å². The molecule has 1 rings (SSSR count). The minimum atomic E-state index is -4.75. The van der Waals surface area contributed by atoms with Crippen LogP contribution in [0.4, 0.5) is 13.2 Å². The van der Waals surface area contributed by atoms with Crippen molar-refractivity contribution in [3.05, 3.63) is 29.8 Å². The van der Waals surface area contributed by atoms with Crippen molar-refractivity contribution < 1.29 is 36.3 Å². The van der Waals surface area contributed by atoms with Crippen molar-refractivity contribution in [3.63, 3.8) is 0 Å². The van der Waals surface area contributed by atoms with E-state index >= 15 is 0 Å². The van der Waals surface area contributed by atoms with Crippen molar-refractivity contribution in [3.8, 4) is 0 Å². The molecule has 0 spiro atoms. The maximum Gasteiger partial charge on any atom is 0.416 e. The molecule has 128 valence electrons. The van der Waals surface area contributed by atoms with E-state index in [0.29, 0.717) is 12.1 Å². The highest BCUT2D eigenvalue weighted by Gasteiger charge is 2.32. The summed E-state index contributed by atoms with van der Waals surface area (Å²) >= 11 is 0. The van der Waals surface area contributed by atoms with Crippen LogP contribution in [-0.4, -0.2) is 31.4 Å². The molecular weight excluding hydrogens is 341 g/mol. The molecule has 0 aromatic heterocycles. The van der Waals surface area contributed by atoms with Gasteiger partial charge in [-0.05, 0) is 24.6 Å². The Kier molecular flexibility index (Phi) is 5.72. The van der Waals surface area contributed by atoms with Crippen molar-refractivity contribution in [2.45, 2.75) is 30.0 Å². The van der Waals surface area contributed by atoms with Crippen LogP contribution in [0.25, 0.3) is 0 Å². The van der Waals surface area contributed by atoms with E-state index in [0.717, 1.165) is 12.1 Å². The summed E-state index contributed by atoms with van der Waals surface area (Å²) in [5.41, 5.74) is 3.66. The Morgan fingerprint density at radius 1 is 1.30 bits per heavy atom. The van der Waals surface area contributed by atoms with Crippen LogP contribution in [0.1, 0.15) is 18.4 Å². The number of carboxylic acids is 1. The van der Waals surface area contributed by atoms with E-state index in [1.807, 2.05) is 0 Å². The van der Waals surface area contributed by atoms with Crippen LogP contribution in [0.3, 0.4) is 0 Å². The number of carbonyl (C=O) groups is 2. The highest BCUT2D eigenvalue weighted by Crippen LogP contribution is 2.30. The molecule has 0 aliphatic heterocycles. The van der Waals surface area contributed by atoms with Crippen LogP contribution >= 0.6 is 0 Å². The summed E-state index contributed by atoms with van der Waals surface area (Å²) in [6.07, 6.45) is -5.57. The summed E-state index contributed by atoms with van der Waals surface area (Å²) in [5, 5.41) is 8.92. The van der Waals surface area contributed by atoms with Gasteiger partial charge in [-0.1, -0.05) is 6.07 Å². The molecule has 1 unspecified atom stereocenters. The molecule has 1 aromatic carbocycles. The van der Waals surface area contributed by atoms with E-state index < -0.39 is 57.4 Å². The van der Waals surface area contributed by atoms with E-state index in [1.165, 1.54) is 0 Å². The summed E-state index contributed by atoms with van der Waals surface area (Å²) in [5.74, 6) is -2.42. The van der Waals surface area contributed by atoms with E-state index in [9.17, 15) is 31.2 Å². The Morgan fingerprint density at radius 2 is 1.91 bits per heavy atom. The van der Waals surface area contributed by atoms with Crippen LogP contribution < -0.4 is 10.5 Å². The van der Waals surface area contributed by atoms with Gasteiger partial charge in [-0.15, -0.1) is 0 Å². The third-order valence-corrected chi connectivity index (χ3v) is 4.22. The zero-order chi connectivity index (χ0) is 17.8. The summed E-state index contributed by atoms with van der Waals surface area (Å²) in [4.78, 5) is 20.9. The molecule has 0 saturated heterocycles. The van der Waals surface area contributed by atoms with Gasteiger partial charge >= 0.3 is 12.1 Å². The first-order valence-corrected chi connectivity index (χ1v) is 7.62. The molecule has 4 N–H and O–H groups in total. The molecule has 0 heterocycles. The molecule has 7 nitrogen and oxygen atoms in total. The first kappa shape index (κ1) is 18.9. The number of rotatable bonds is 7. The lowest BCUT2D eigenvalue weighted by molar-refractivity contribution is -0.139. The third-order valence-electron chi connectivity index (χ3n) is 2.75. The Labute approximate surface area is 129 Å². The average molecular weight is 354 g/mol. The van der Waals surface area contributed by atoms with Gasteiger partial charge < -0.3 is 10.8 Å². The average Bonchev–Trinajstić information content (AvgIpc) is 2.42. The number of hydrogen-bond acceptors (Lipinski definition) is 4. The van der Waals surface area contributed by atoms with Gasteiger partial charge in [-0.25, -0.2) is 8.42 Å². The number of carbonyl (C=O) groups excluding carboxylic acids is 1. The number of benzene rings is 1. The van der Waals surface area contributed by atoms with Crippen LogP contribution in [0, 0.1) is 0 Å². The van der Waals surface area contributed by atoms with Gasteiger partial charge in [0.2, 0.25) is 15.9 Å². The number of alkyl halides is 3. The number of aliphatic carboxylic acids is 1. The molecule has 0 radical (unpaired) electrons. The predicted octanol–water partition coefficient (Wildman–Crippen LogP) is 0.702. The van der Waals surface area contributed by atoms with Gasteiger partial charge in [0.25, 0.3) is 0 Å². The molecule has 0 bridgehead atoms. The Bertz CT molecular complexity index is 703. The van der Waals surface area contributed by atoms with Crippen LogP contribution in [0.15, 0.2) is 29.2 Å². The van der Waals surface area contributed by atoms with Crippen molar-refractivity contribution in [2.24, 2.45) is 5.73 Å². The largest absolute Gasteiger partial charge is 0.480 e. The van der Waals surface area contributed by atoms with Crippen molar-refractivity contribution >= 4 is 21.9 Å². The molecule has 0 saturated carbocycles.